The summed E-state index contributed by atoms with van der Waals surface area (Å²) in [6, 6.07) is 5.11. The topological polar surface area (TPSA) is 72.2 Å². The van der Waals surface area contributed by atoms with Crippen LogP contribution < -0.4 is 10.5 Å². The van der Waals surface area contributed by atoms with Gasteiger partial charge in [-0.2, -0.15) is 0 Å². The number of benzene rings is 1. The van der Waals surface area contributed by atoms with E-state index in [2.05, 4.69) is 27.6 Å². The second-order valence-electron chi connectivity index (χ2n) is 5.61. The van der Waals surface area contributed by atoms with E-state index in [0.717, 1.165) is 18.4 Å². The minimum Gasteiger partial charge on any atom is -0.326 e. The van der Waals surface area contributed by atoms with Gasteiger partial charge in [0.25, 0.3) is 0 Å². The van der Waals surface area contributed by atoms with Gasteiger partial charge in [-0.3, -0.25) is 0 Å². The number of sulfonamides is 1. The molecule has 6 heteroatoms. The molecule has 112 valence electrons. The molecule has 1 saturated carbocycles. The zero-order valence-corrected chi connectivity index (χ0v) is 14.0. The van der Waals surface area contributed by atoms with Crippen LogP contribution in [0.15, 0.2) is 27.6 Å². The van der Waals surface area contributed by atoms with Gasteiger partial charge in [0.1, 0.15) is 0 Å². The van der Waals surface area contributed by atoms with E-state index in [4.69, 9.17) is 5.73 Å². The Bertz CT molecular complexity index is 575. The minimum absolute atomic E-state index is 0.278. The largest absolute Gasteiger partial charge is 0.326 e. The highest BCUT2D eigenvalue weighted by molar-refractivity contribution is 9.10. The zero-order valence-electron chi connectivity index (χ0n) is 11.6. The fraction of sp³-hybridized carbons (Fsp3) is 0.571. The molecule has 1 aromatic carbocycles. The standard InChI is InChI=1S/C14H21BrN2O2S/c1-10-2-3-12(6-10)9-17-20(18,19)14-5-4-11(8-16)7-13(14)15/h4-5,7,10,12,17H,2-3,6,8-9,16H2,1H3. The van der Waals surface area contributed by atoms with Gasteiger partial charge in [0.15, 0.2) is 0 Å². The molecule has 1 aliphatic carbocycles. The van der Waals surface area contributed by atoms with Gasteiger partial charge >= 0.3 is 0 Å². The highest BCUT2D eigenvalue weighted by atomic mass is 79.9. The maximum Gasteiger partial charge on any atom is 0.241 e. The molecular weight excluding hydrogens is 340 g/mol. The molecule has 0 aromatic heterocycles. The fourth-order valence-corrected chi connectivity index (χ4v) is 4.94. The Kier molecular flexibility index (Phi) is 5.23. The second-order valence-corrected chi connectivity index (χ2v) is 8.19. The molecule has 0 aliphatic heterocycles. The van der Waals surface area contributed by atoms with Crippen LogP contribution in [0.25, 0.3) is 0 Å². The lowest BCUT2D eigenvalue weighted by atomic mass is 10.1. The summed E-state index contributed by atoms with van der Waals surface area (Å²) in [4.78, 5) is 0.278. The molecule has 0 saturated heterocycles. The van der Waals surface area contributed by atoms with Crippen molar-refractivity contribution in [2.45, 2.75) is 37.6 Å². The van der Waals surface area contributed by atoms with Gasteiger partial charge in [-0.05, 0) is 58.3 Å². The third-order valence-electron chi connectivity index (χ3n) is 3.89. The van der Waals surface area contributed by atoms with Gasteiger partial charge in [-0.1, -0.05) is 19.4 Å². The molecule has 0 heterocycles. The number of hydrogen-bond acceptors (Lipinski definition) is 3. The van der Waals surface area contributed by atoms with E-state index in [1.165, 1.54) is 6.42 Å². The van der Waals surface area contributed by atoms with Crippen LogP contribution in [0.4, 0.5) is 0 Å². The smallest absolute Gasteiger partial charge is 0.241 e. The number of nitrogens with two attached hydrogens (primary N) is 1. The van der Waals surface area contributed by atoms with Gasteiger partial charge in [0.2, 0.25) is 10.0 Å². The Hall–Kier alpha value is -0.430. The van der Waals surface area contributed by atoms with Crippen molar-refractivity contribution in [1.29, 1.82) is 0 Å². The van der Waals surface area contributed by atoms with Crippen LogP contribution in [0, 0.1) is 11.8 Å². The molecule has 1 fully saturated rings. The summed E-state index contributed by atoms with van der Waals surface area (Å²) in [6.45, 7) is 3.14. The van der Waals surface area contributed by atoms with E-state index in [1.807, 2.05) is 0 Å². The third kappa shape index (κ3) is 3.81. The van der Waals surface area contributed by atoms with E-state index < -0.39 is 10.0 Å². The van der Waals surface area contributed by atoms with Crippen molar-refractivity contribution >= 4 is 26.0 Å². The van der Waals surface area contributed by atoms with Crippen molar-refractivity contribution < 1.29 is 8.42 Å². The molecule has 0 bridgehead atoms. The summed E-state index contributed by atoms with van der Waals surface area (Å²) in [5, 5.41) is 0. The third-order valence-corrected chi connectivity index (χ3v) is 6.29. The van der Waals surface area contributed by atoms with Gasteiger partial charge in [0.05, 0.1) is 4.90 Å². The van der Waals surface area contributed by atoms with Gasteiger partial charge in [-0.25, -0.2) is 13.1 Å². The first-order valence-electron chi connectivity index (χ1n) is 6.90. The lowest BCUT2D eigenvalue weighted by molar-refractivity contribution is 0.498. The van der Waals surface area contributed by atoms with Gasteiger partial charge < -0.3 is 5.73 Å². The molecule has 3 N–H and O–H groups in total. The van der Waals surface area contributed by atoms with Gasteiger partial charge in [-0.15, -0.1) is 0 Å². The van der Waals surface area contributed by atoms with Crippen molar-refractivity contribution in [2.24, 2.45) is 17.6 Å². The SMILES string of the molecule is CC1CCC(CNS(=O)(=O)c2ccc(CN)cc2Br)C1. The molecule has 0 spiro atoms. The predicted octanol–water partition coefficient (Wildman–Crippen LogP) is 2.62. The van der Waals surface area contributed by atoms with E-state index in [0.29, 0.717) is 29.4 Å². The van der Waals surface area contributed by atoms with Crippen LogP contribution in [0.3, 0.4) is 0 Å². The molecule has 4 nitrogen and oxygen atoms in total. The zero-order chi connectivity index (χ0) is 14.8. The average molecular weight is 361 g/mol. The summed E-state index contributed by atoms with van der Waals surface area (Å²) in [5.74, 6) is 1.17. The number of nitrogens with one attached hydrogen (secondary N) is 1. The first kappa shape index (κ1) is 15.9. The summed E-state index contributed by atoms with van der Waals surface area (Å²) in [6.07, 6.45) is 3.41. The molecule has 1 aliphatic rings. The summed E-state index contributed by atoms with van der Waals surface area (Å²) >= 11 is 3.31. The number of halogens is 1. The lowest BCUT2D eigenvalue weighted by Crippen LogP contribution is -2.29. The summed E-state index contributed by atoms with van der Waals surface area (Å²) in [7, 11) is -3.46. The average Bonchev–Trinajstić information content (AvgIpc) is 2.82. The quantitative estimate of drug-likeness (QED) is 0.847. The molecule has 2 unspecified atom stereocenters. The molecule has 0 amide bonds. The first-order valence-corrected chi connectivity index (χ1v) is 9.18. The van der Waals surface area contributed by atoms with E-state index in [9.17, 15) is 8.42 Å². The maximum atomic E-state index is 12.3. The molecule has 2 atom stereocenters. The van der Waals surface area contributed by atoms with Crippen molar-refractivity contribution in [1.82, 2.24) is 4.72 Å². The second kappa shape index (κ2) is 6.56. The molecular formula is C14H21BrN2O2S. The highest BCUT2D eigenvalue weighted by Gasteiger charge is 2.24. The summed E-state index contributed by atoms with van der Waals surface area (Å²) in [5.41, 5.74) is 6.45. The number of hydrogen-bond donors (Lipinski definition) is 2. The van der Waals surface area contributed by atoms with E-state index in [1.54, 1.807) is 18.2 Å². The Morgan fingerprint density at radius 2 is 2.15 bits per heavy atom. The Morgan fingerprint density at radius 1 is 1.40 bits per heavy atom. The Labute approximate surface area is 129 Å². The van der Waals surface area contributed by atoms with Crippen LogP contribution in [0.5, 0.6) is 0 Å². The van der Waals surface area contributed by atoms with Crippen LogP contribution >= 0.6 is 15.9 Å². The van der Waals surface area contributed by atoms with Crippen LogP contribution in [-0.4, -0.2) is 15.0 Å². The molecule has 0 radical (unpaired) electrons. The van der Waals surface area contributed by atoms with Crippen LogP contribution in [-0.2, 0) is 16.6 Å². The Morgan fingerprint density at radius 3 is 2.70 bits per heavy atom. The molecule has 1 aromatic rings. The van der Waals surface area contributed by atoms with E-state index >= 15 is 0 Å². The van der Waals surface area contributed by atoms with Crippen molar-refractivity contribution in [2.75, 3.05) is 6.54 Å². The Balaban J connectivity index is 2.06. The van der Waals surface area contributed by atoms with Gasteiger partial charge in [0, 0.05) is 17.6 Å². The van der Waals surface area contributed by atoms with Crippen molar-refractivity contribution in [3.8, 4) is 0 Å². The fourth-order valence-electron chi connectivity index (χ4n) is 2.70. The van der Waals surface area contributed by atoms with E-state index in [-0.39, 0.29) is 4.90 Å². The predicted molar refractivity (Wildman–Crippen MR) is 83.7 cm³/mol. The summed E-state index contributed by atoms with van der Waals surface area (Å²) < 4.78 is 27.9. The molecule has 2 rings (SSSR count). The van der Waals surface area contributed by atoms with Crippen molar-refractivity contribution in [3.05, 3.63) is 28.2 Å². The molecule has 20 heavy (non-hydrogen) atoms. The first-order chi connectivity index (χ1) is 9.42. The maximum absolute atomic E-state index is 12.3. The van der Waals surface area contributed by atoms with Crippen LogP contribution in [0.2, 0.25) is 0 Å². The monoisotopic (exact) mass is 360 g/mol. The van der Waals surface area contributed by atoms with Crippen molar-refractivity contribution in [3.63, 3.8) is 0 Å². The lowest BCUT2D eigenvalue weighted by Gasteiger charge is -2.13. The normalized spacial score (nSPS) is 23.1. The minimum atomic E-state index is -3.46. The number of rotatable bonds is 5. The van der Waals surface area contributed by atoms with Crippen LogP contribution in [0.1, 0.15) is 31.7 Å². The highest BCUT2D eigenvalue weighted by Crippen LogP contribution is 2.30.